The molecule has 1 aromatic carbocycles. The molecule has 1 aliphatic rings. The van der Waals surface area contributed by atoms with Gasteiger partial charge in [0.25, 0.3) is 0 Å². The zero-order chi connectivity index (χ0) is 16.5. The zero-order valence-electron chi connectivity index (χ0n) is 15.2. The lowest BCUT2D eigenvalue weighted by Gasteiger charge is -2.23. The summed E-state index contributed by atoms with van der Waals surface area (Å²) in [5, 5.41) is 0. The van der Waals surface area contributed by atoms with Crippen LogP contribution in [0.3, 0.4) is 0 Å². The summed E-state index contributed by atoms with van der Waals surface area (Å²) in [7, 11) is 0. The van der Waals surface area contributed by atoms with Crippen LogP contribution in [-0.4, -0.2) is 31.1 Å². The van der Waals surface area contributed by atoms with Crippen LogP contribution in [0.1, 0.15) is 64.0 Å². The van der Waals surface area contributed by atoms with E-state index in [1.54, 1.807) is 0 Å². The number of nitrogens with zero attached hydrogens (tertiary/aromatic N) is 1. The summed E-state index contributed by atoms with van der Waals surface area (Å²) in [5.74, 6) is 1.17. The first-order valence-corrected chi connectivity index (χ1v) is 9.44. The van der Waals surface area contributed by atoms with Gasteiger partial charge < -0.3 is 9.64 Å². The highest BCUT2D eigenvalue weighted by molar-refractivity contribution is 5.63. The van der Waals surface area contributed by atoms with Crippen LogP contribution in [0.4, 0.5) is 0 Å². The van der Waals surface area contributed by atoms with Crippen molar-refractivity contribution in [1.29, 1.82) is 0 Å². The Morgan fingerprint density at radius 3 is 2.17 bits per heavy atom. The van der Waals surface area contributed by atoms with E-state index in [1.807, 2.05) is 0 Å². The minimum atomic E-state index is 0.788. The number of rotatable bonds is 8. The molecule has 128 valence electrons. The van der Waals surface area contributed by atoms with E-state index in [-0.39, 0.29) is 0 Å². The standard InChI is InChI=1S/C21H33NO/c1-4-18-12-14-20(15-13-18)21(19-10-8-7-9-11-19)23-17-16-22(5-2)6-3/h12-15H,4-11,16-17H2,1-3H3. The summed E-state index contributed by atoms with van der Waals surface area (Å²) in [5.41, 5.74) is 4.18. The van der Waals surface area contributed by atoms with E-state index in [9.17, 15) is 0 Å². The Morgan fingerprint density at radius 2 is 1.61 bits per heavy atom. The molecule has 0 N–H and O–H groups in total. The lowest BCUT2D eigenvalue weighted by molar-refractivity contribution is 0.199. The van der Waals surface area contributed by atoms with Gasteiger partial charge in [-0.05, 0) is 56.3 Å². The van der Waals surface area contributed by atoms with E-state index >= 15 is 0 Å². The van der Waals surface area contributed by atoms with Crippen LogP contribution in [0.2, 0.25) is 0 Å². The topological polar surface area (TPSA) is 12.5 Å². The fraction of sp³-hybridized carbons (Fsp3) is 0.619. The third kappa shape index (κ3) is 5.39. The first kappa shape index (κ1) is 18.1. The second-order valence-electron chi connectivity index (χ2n) is 6.42. The van der Waals surface area contributed by atoms with Gasteiger partial charge in [-0.2, -0.15) is 0 Å². The molecule has 0 heterocycles. The van der Waals surface area contributed by atoms with Gasteiger partial charge in [0.15, 0.2) is 0 Å². The number of benzene rings is 1. The third-order valence-corrected chi connectivity index (χ3v) is 4.95. The summed E-state index contributed by atoms with van der Waals surface area (Å²) in [6.07, 6.45) is 7.49. The lowest BCUT2D eigenvalue weighted by Crippen LogP contribution is -2.27. The molecule has 2 heteroatoms. The van der Waals surface area contributed by atoms with Crippen molar-refractivity contribution in [2.24, 2.45) is 0 Å². The van der Waals surface area contributed by atoms with Crippen LogP contribution in [0.25, 0.3) is 5.76 Å². The molecule has 0 aliphatic heterocycles. The van der Waals surface area contributed by atoms with E-state index in [2.05, 4.69) is 49.9 Å². The van der Waals surface area contributed by atoms with Gasteiger partial charge in [0.05, 0.1) is 0 Å². The third-order valence-electron chi connectivity index (χ3n) is 4.95. The van der Waals surface area contributed by atoms with Crippen molar-refractivity contribution >= 4 is 5.76 Å². The van der Waals surface area contributed by atoms with Crippen molar-refractivity contribution < 1.29 is 4.74 Å². The van der Waals surface area contributed by atoms with Crippen molar-refractivity contribution in [1.82, 2.24) is 4.90 Å². The Balaban J connectivity index is 2.11. The summed E-state index contributed by atoms with van der Waals surface area (Å²) < 4.78 is 6.31. The Morgan fingerprint density at radius 1 is 0.957 bits per heavy atom. The average Bonchev–Trinajstić information content (AvgIpc) is 2.63. The Labute approximate surface area is 142 Å². The largest absolute Gasteiger partial charge is 0.492 e. The van der Waals surface area contributed by atoms with E-state index in [0.29, 0.717) is 0 Å². The van der Waals surface area contributed by atoms with Gasteiger partial charge in [-0.3, -0.25) is 0 Å². The van der Waals surface area contributed by atoms with Crippen LogP contribution >= 0.6 is 0 Å². The Bertz CT molecular complexity index is 477. The van der Waals surface area contributed by atoms with Crippen LogP contribution in [0, 0.1) is 0 Å². The summed E-state index contributed by atoms with van der Waals surface area (Å²) in [4.78, 5) is 2.42. The van der Waals surface area contributed by atoms with Gasteiger partial charge in [-0.25, -0.2) is 0 Å². The summed E-state index contributed by atoms with van der Waals surface area (Å²) >= 11 is 0. The van der Waals surface area contributed by atoms with Gasteiger partial charge in [0, 0.05) is 12.1 Å². The minimum Gasteiger partial charge on any atom is -0.492 e. The molecule has 0 aromatic heterocycles. The maximum absolute atomic E-state index is 6.31. The molecule has 2 nitrogen and oxygen atoms in total. The van der Waals surface area contributed by atoms with Crippen molar-refractivity contribution in [2.45, 2.75) is 59.3 Å². The quantitative estimate of drug-likeness (QED) is 0.605. The molecular formula is C21H33NO. The van der Waals surface area contributed by atoms with Crippen LogP contribution in [0.5, 0.6) is 0 Å². The maximum Gasteiger partial charge on any atom is 0.125 e. The monoisotopic (exact) mass is 315 g/mol. The van der Waals surface area contributed by atoms with Gasteiger partial charge >= 0.3 is 0 Å². The molecule has 1 saturated carbocycles. The number of allylic oxidation sites excluding steroid dienone is 1. The Kier molecular flexibility index (Phi) is 7.67. The van der Waals surface area contributed by atoms with Gasteiger partial charge in [0.1, 0.15) is 12.4 Å². The molecule has 0 radical (unpaired) electrons. The zero-order valence-corrected chi connectivity index (χ0v) is 15.2. The van der Waals surface area contributed by atoms with Gasteiger partial charge in [-0.15, -0.1) is 0 Å². The van der Waals surface area contributed by atoms with Gasteiger partial charge in [0.2, 0.25) is 0 Å². The minimum absolute atomic E-state index is 0.788. The van der Waals surface area contributed by atoms with Crippen molar-refractivity contribution in [3.8, 4) is 0 Å². The molecule has 1 aliphatic carbocycles. The fourth-order valence-electron chi connectivity index (χ4n) is 3.30. The molecule has 0 saturated heterocycles. The van der Waals surface area contributed by atoms with Gasteiger partial charge in [-0.1, -0.05) is 51.5 Å². The maximum atomic E-state index is 6.31. The molecule has 1 aromatic rings. The Hall–Kier alpha value is -1.28. The molecule has 0 unspecified atom stereocenters. The second kappa shape index (κ2) is 9.77. The van der Waals surface area contributed by atoms with Crippen LogP contribution in [0.15, 0.2) is 29.8 Å². The summed E-state index contributed by atoms with van der Waals surface area (Å²) in [6, 6.07) is 8.97. The average molecular weight is 316 g/mol. The molecule has 1 fully saturated rings. The fourth-order valence-corrected chi connectivity index (χ4v) is 3.30. The highest BCUT2D eigenvalue weighted by Gasteiger charge is 2.15. The van der Waals surface area contributed by atoms with Crippen LogP contribution < -0.4 is 0 Å². The second-order valence-corrected chi connectivity index (χ2v) is 6.42. The first-order chi connectivity index (χ1) is 11.3. The number of hydrogen-bond acceptors (Lipinski definition) is 2. The normalized spacial score (nSPS) is 15.0. The lowest BCUT2D eigenvalue weighted by atomic mass is 9.92. The smallest absolute Gasteiger partial charge is 0.125 e. The van der Waals surface area contributed by atoms with E-state index in [4.69, 9.17) is 4.74 Å². The molecule has 0 amide bonds. The number of aryl methyl sites for hydroxylation is 1. The first-order valence-electron chi connectivity index (χ1n) is 9.44. The number of ether oxygens (including phenoxy) is 1. The van der Waals surface area contributed by atoms with Crippen LogP contribution in [-0.2, 0) is 11.2 Å². The molecule has 2 rings (SSSR count). The van der Waals surface area contributed by atoms with Crippen molar-refractivity contribution in [2.75, 3.05) is 26.2 Å². The van der Waals surface area contributed by atoms with Crippen molar-refractivity contribution in [3.63, 3.8) is 0 Å². The van der Waals surface area contributed by atoms with E-state index < -0.39 is 0 Å². The molecule has 23 heavy (non-hydrogen) atoms. The number of hydrogen-bond donors (Lipinski definition) is 0. The van der Waals surface area contributed by atoms with E-state index in [1.165, 1.54) is 54.6 Å². The number of likely N-dealkylation sites (N-methyl/N-ethyl adjacent to an activating group) is 1. The predicted octanol–water partition coefficient (Wildman–Crippen LogP) is 5.28. The molecular weight excluding hydrogens is 282 g/mol. The van der Waals surface area contributed by atoms with E-state index in [0.717, 1.165) is 32.7 Å². The highest BCUT2D eigenvalue weighted by Crippen LogP contribution is 2.31. The van der Waals surface area contributed by atoms with Crippen molar-refractivity contribution in [3.05, 3.63) is 41.0 Å². The summed E-state index contributed by atoms with van der Waals surface area (Å²) in [6.45, 7) is 10.6. The molecule has 0 bridgehead atoms. The predicted molar refractivity (Wildman–Crippen MR) is 99.6 cm³/mol. The molecule has 0 atom stereocenters. The highest BCUT2D eigenvalue weighted by atomic mass is 16.5. The molecule has 0 spiro atoms. The SMILES string of the molecule is CCc1ccc(C(OCCN(CC)CC)=C2CCCCC2)cc1.